The number of hydrogen-bond donors (Lipinski definition) is 6. The number of aliphatic hydroxyl groups excluding tert-OH is 2. The van der Waals surface area contributed by atoms with Gasteiger partial charge < -0.3 is 26.4 Å². The van der Waals surface area contributed by atoms with E-state index >= 15 is 0 Å². The number of carboxylic acids is 1. The molecular formula is C34H50F4N4O8S. The monoisotopic (exact) mass is 750 g/mol. The summed E-state index contributed by atoms with van der Waals surface area (Å²) in [6, 6.07) is 7.06. The molecule has 0 saturated heterocycles. The van der Waals surface area contributed by atoms with Crippen LogP contribution in [0, 0.1) is 30.2 Å². The number of rotatable bonds is 12. The molecule has 0 bridgehead atoms. The molecule has 0 saturated carbocycles. The Labute approximate surface area is 296 Å². The summed E-state index contributed by atoms with van der Waals surface area (Å²) >= 11 is 0. The third-order valence-corrected chi connectivity index (χ3v) is 7.53. The number of aromatic carboxylic acids is 1. The Morgan fingerprint density at radius 3 is 1.67 bits per heavy atom. The van der Waals surface area contributed by atoms with E-state index in [-0.39, 0.29) is 31.1 Å². The molecule has 2 atom stereocenters. The van der Waals surface area contributed by atoms with Gasteiger partial charge in [0.25, 0.3) is 16.0 Å². The summed E-state index contributed by atoms with van der Waals surface area (Å²) in [6.45, 7) is 9.32. The molecule has 0 fully saturated rings. The number of pyridine rings is 2. The number of aryl methyl sites for hydroxylation is 1. The molecule has 7 N–H and O–H groups in total. The van der Waals surface area contributed by atoms with Crippen molar-refractivity contribution < 1.29 is 55.4 Å². The van der Waals surface area contributed by atoms with E-state index in [9.17, 15) is 40.7 Å². The van der Waals surface area contributed by atoms with Crippen LogP contribution in [0.15, 0.2) is 53.7 Å². The average molecular weight is 751 g/mol. The van der Waals surface area contributed by atoms with Gasteiger partial charge in [-0.1, -0.05) is 64.7 Å². The van der Waals surface area contributed by atoms with Crippen LogP contribution in [-0.4, -0.2) is 74.4 Å². The predicted octanol–water partition coefficient (Wildman–Crippen LogP) is 5.85. The highest BCUT2D eigenvalue weighted by molar-refractivity contribution is 7.85. The summed E-state index contributed by atoms with van der Waals surface area (Å²) in [5.74, 6) is -6.20. The Hall–Kier alpha value is -4.03. The second-order valence-electron chi connectivity index (χ2n) is 11.8. The number of halogens is 4. The molecule has 2 aromatic heterocycles. The second-order valence-corrected chi connectivity index (χ2v) is 13.2. The number of nitrogens with one attached hydrogen (secondary N) is 1. The van der Waals surface area contributed by atoms with Crippen molar-refractivity contribution >= 4 is 22.0 Å². The quantitative estimate of drug-likeness (QED) is 0.0954. The van der Waals surface area contributed by atoms with Crippen LogP contribution in [0.2, 0.25) is 0 Å². The molecule has 17 heteroatoms. The van der Waals surface area contributed by atoms with Crippen molar-refractivity contribution in [3.05, 3.63) is 89.0 Å². The highest BCUT2D eigenvalue weighted by Crippen LogP contribution is 2.15. The van der Waals surface area contributed by atoms with Crippen LogP contribution in [0.3, 0.4) is 0 Å². The van der Waals surface area contributed by atoms with Gasteiger partial charge in [0.2, 0.25) is 0 Å². The number of hydrogen-bond acceptors (Lipinski definition) is 9. The van der Waals surface area contributed by atoms with Gasteiger partial charge in [-0.25, -0.2) is 32.3 Å². The first-order valence-electron chi connectivity index (χ1n) is 15.4. The summed E-state index contributed by atoms with van der Waals surface area (Å²) in [6.07, 6.45) is 6.88. The average Bonchev–Trinajstić information content (AvgIpc) is 3.03. The zero-order valence-electron chi connectivity index (χ0n) is 28.6. The van der Waals surface area contributed by atoms with Crippen LogP contribution < -0.4 is 11.1 Å². The lowest BCUT2D eigenvalue weighted by Gasteiger charge is -2.28. The molecule has 12 nitrogen and oxygen atoms in total. The van der Waals surface area contributed by atoms with Crippen molar-refractivity contribution in [3.8, 4) is 0 Å². The fourth-order valence-electron chi connectivity index (χ4n) is 3.60. The zero-order valence-corrected chi connectivity index (χ0v) is 29.4. The molecule has 0 radical (unpaired) electrons. The number of carbonyl (C=O) groups excluding carboxylic acids is 1. The van der Waals surface area contributed by atoms with Gasteiger partial charge in [-0.2, -0.15) is 8.42 Å². The van der Waals surface area contributed by atoms with E-state index in [4.69, 9.17) is 20.5 Å². The SMILES string of the molecule is C.CCCC[C@@](C)(N)CO.CCCC[C@](C)(CO)NC(=O)c1ncc(F)cc1F.Cc1ccc(S(=O)(=O)O)cc1.O=C(O)c1ncc(F)cc1F. The Morgan fingerprint density at radius 1 is 0.843 bits per heavy atom. The van der Waals surface area contributed by atoms with Crippen LogP contribution in [0.25, 0.3) is 0 Å². The molecule has 3 rings (SSSR count). The lowest BCUT2D eigenvalue weighted by Crippen LogP contribution is -2.49. The molecule has 0 aliphatic heterocycles. The number of nitrogens with zero attached hydrogens (tertiary/aromatic N) is 2. The number of carboxylic acid groups (broad SMARTS) is 1. The first-order chi connectivity index (χ1) is 23.1. The van der Waals surface area contributed by atoms with Crippen molar-refractivity contribution in [2.75, 3.05) is 13.2 Å². The van der Waals surface area contributed by atoms with Crippen molar-refractivity contribution in [1.29, 1.82) is 0 Å². The molecule has 51 heavy (non-hydrogen) atoms. The summed E-state index contributed by atoms with van der Waals surface area (Å²) in [5.41, 5.74) is 4.17. The van der Waals surface area contributed by atoms with Gasteiger partial charge in [0, 0.05) is 17.7 Å². The van der Waals surface area contributed by atoms with Gasteiger partial charge >= 0.3 is 5.97 Å². The summed E-state index contributed by atoms with van der Waals surface area (Å²) < 4.78 is 80.2. The Balaban J connectivity index is 0. The number of benzene rings is 1. The molecule has 1 aromatic carbocycles. The molecular weight excluding hydrogens is 700 g/mol. The molecule has 3 aromatic rings. The largest absolute Gasteiger partial charge is 0.476 e. The topological polar surface area (TPSA) is 213 Å². The standard InChI is InChI=1S/C13H18F2N2O2.C7H17NO.C7H8O3S.C6H3F2NO2.CH4/c1-3-4-5-13(2,8-18)17-12(19)11-10(15)6-9(14)7-16-11;1-3-4-5-7(2,8)6-9;1-6-2-4-7(5-3-6)11(8,9)10;7-3-1-4(8)5(6(10)11)9-2-3;/h6-7,18H,3-5,8H2,1-2H3,(H,17,19);9H,3-6,8H2,1-2H3;2-5H,1H3,(H,8,9,10);1-2H,(H,10,11);1H4/t13-;7-;;;/m11.../s1. The zero-order chi connectivity index (χ0) is 38.7. The highest BCUT2D eigenvalue weighted by atomic mass is 32.2. The van der Waals surface area contributed by atoms with Gasteiger partial charge in [0.1, 0.15) is 11.6 Å². The van der Waals surface area contributed by atoms with E-state index in [0.717, 1.165) is 43.9 Å². The van der Waals surface area contributed by atoms with Crippen LogP contribution >= 0.6 is 0 Å². The van der Waals surface area contributed by atoms with E-state index in [1.807, 2.05) is 20.8 Å². The molecule has 0 spiro atoms. The van der Waals surface area contributed by atoms with Gasteiger partial charge in [0.05, 0.1) is 36.0 Å². The minimum atomic E-state index is -4.02. The number of aromatic nitrogens is 2. The lowest BCUT2D eigenvalue weighted by atomic mass is 9.95. The van der Waals surface area contributed by atoms with Crippen LogP contribution in [-0.2, 0) is 10.1 Å². The van der Waals surface area contributed by atoms with Gasteiger partial charge in [-0.15, -0.1) is 0 Å². The number of amides is 1. The van der Waals surface area contributed by atoms with E-state index in [0.29, 0.717) is 24.8 Å². The van der Waals surface area contributed by atoms with E-state index < -0.39 is 62.2 Å². The van der Waals surface area contributed by atoms with Crippen molar-refractivity contribution in [2.24, 2.45) is 5.73 Å². The first kappa shape index (κ1) is 49.1. The minimum Gasteiger partial charge on any atom is -0.476 e. The number of aliphatic hydroxyl groups is 2. The minimum absolute atomic E-state index is 0. The number of unbranched alkanes of at least 4 members (excludes halogenated alkanes) is 2. The Kier molecular flexibility index (Phi) is 22.6. The summed E-state index contributed by atoms with van der Waals surface area (Å²) in [4.78, 5) is 28.4. The molecule has 0 aliphatic carbocycles. The second kappa shape index (κ2) is 23.4. The van der Waals surface area contributed by atoms with Gasteiger partial charge in [-0.3, -0.25) is 9.35 Å². The summed E-state index contributed by atoms with van der Waals surface area (Å²) in [7, 11) is -4.02. The Morgan fingerprint density at radius 2 is 1.29 bits per heavy atom. The number of carbonyl (C=O) groups is 2. The normalized spacial score (nSPS) is 12.8. The molecule has 0 unspecified atom stereocenters. The third kappa shape index (κ3) is 19.8. The van der Waals surface area contributed by atoms with Crippen molar-refractivity contribution in [1.82, 2.24) is 15.3 Å². The maximum Gasteiger partial charge on any atom is 0.357 e. The molecule has 2 heterocycles. The van der Waals surface area contributed by atoms with Gasteiger partial charge in [0.15, 0.2) is 23.0 Å². The van der Waals surface area contributed by atoms with Crippen molar-refractivity contribution in [3.63, 3.8) is 0 Å². The third-order valence-electron chi connectivity index (χ3n) is 6.66. The number of nitrogens with two attached hydrogens (primary N) is 1. The lowest BCUT2D eigenvalue weighted by molar-refractivity contribution is 0.0684. The first-order valence-corrected chi connectivity index (χ1v) is 16.8. The van der Waals surface area contributed by atoms with Crippen molar-refractivity contribution in [2.45, 2.75) is 96.5 Å². The van der Waals surface area contributed by atoms with Crippen LogP contribution in [0.1, 0.15) is 100 Å². The van der Waals surface area contributed by atoms with E-state index in [2.05, 4.69) is 22.2 Å². The maximum atomic E-state index is 13.4. The maximum absolute atomic E-state index is 13.4. The molecule has 288 valence electrons. The fourth-order valence-corrected chi connectivity index (χ4v) is 4.08. The fraction of sp³-hybridized carbons (Fsp3) is 0.471. The predicted molar refractivity (Wildman–Crippen MR) is 185 cm³/mol. The summed E-state index contributed by atoms with van der Waals surface area (Å²) in [5, 5.41) is 28.8. The van der Waals surface area contributed by atoms with Crippen LogP contribution in [0.5, 0.6) is 0 Å². The highest BCUT2D eigenvalue weighted by Gasteiger charge is 2.27. The van der Waals surface area contributed by atoms with Crippen LogP contribution in [0.4, 0.5) is 17.6 Å². The molecule has 0 aliphatic rings. The van der Waals surface area contributed by atoms with E-state index in [1.165, 1.54) is 12.1 Å². The smallest absolute Gasteiger partial charge is 0.357 e. The Bertz CT molecular complexity index is 1610. The molecule has 1 amide bonds. The van der Waals surface area contributed by atoms with E-state index in [1.54, 1.807) is 19.1 Å². The van der Waals surface area contributed by atoms with Gasteiger partial charge in [-0.05, 0) is 45.7 Å².